The molecule has 1 aromatic carbocycles. The highest BCUT2D eigenvalue weighted by molar-refractivity contribution is 5.75. The third-order valence-electron chi connectivity index (χ3n) is 2.19. The summed E-state index contributed by atoms with van der Waals surface area (Å²) in [6, 6.07) is 4.63. The fraction of sp³-hybridized carbons (Fsp3) is 0.462. The number of carbonyl (C=O) groups excluding carboxylic acids is 1. The van der Waals surface area contributed by atoms with Crippen molar-refractivity contribution in [3.05, 3.63) is 29.6 Å². The van der Waals surface area contributed by atoms with E-state index >= 15 is 0 Å². The summed E-state index contributed by atoms with van der Waals surface area (Å²) < 4.78 is 18.5. The lowest BCUT2D eigenvalue weighted by molar-refractivity contribution is -0.120. The molecule has 1 rings (SSSR count). The molecule has 0 fully saturated rings. The Kier molecular flexibility index (Phi) is 4.67. The highest BCUT2D eigenvalue weighted by atomic mass is 19.1. The Balaban J connectivity index is 2.64. The number of ether oxygens (including phenoxy) is 1. The minimum atomic E-state index is -0.632. The first-order valence-corrected chi connectivity index (χ1v) is 5.72. The second kappa shape index (κ2) is 5.82. The molecule has 0 spiro atoms. The second-order valence-electron chi connectivity index (χ2n) is 5.12. The molecule has 5 heteroatoms. The van der Waals surface area contributed by atoms with Gasteiger partial charge in [-0.05, 0) is 38.5 Å². The molecular weight excluding hydrogens is 235 g/mol. The average molecular weight is 254 g/mol. The van der Waals surface area contributed by atoms with Crippen LogP contribution in [0.1, 0.15) is 26.3 Å². The maximum Gasteiger partial charge on any atom is 0.255 e. The van der Waals surface area contributed by atoms with Gasteiger partial charge in [0, 0.05) is 12.1 Å². The Labute approximate surface area is 106 Å². The largest absolute Gasteiger partial charge is 0.481 e. The van der Waals surface area contributed by atoms with Gasteiger partial charge in [-0.25, -0.2) is 4.39 Å². The summed E-state index contributed by atoms with van der Waals surface area (Å²) in [5, 5.41) is 3.25. The fourth-order valence-corrected chi connectivity index (χ4v) is 1.29. The zero-order chi connectivity index (χ0) is 13.8. The maximum atomic E-state index is 13.6. The van der Waals surface area contributed by atoms with E-state index in [1.165, 1.54) is 12.1 Å². The molecule has 0 saturated heterocycles. The number of benzene rings is 1. The Morgan fingerprint density at radius 3 is 2.61 bits per heavy atom. The van der Waals surface area contributed by atoms with Gasteiger partial charge in [0.1, 0.15) is 0 Å². The number of primary amides is 1. The van der Waals surface area contributed by atoms with Gasteiger partial charge in [0.15, 0.2) is 18.2 Å². The average Bonchev–Trinajstić information content (AvgIpc) is 2.24. The molecule has 100 valence electrons. The Morgan fingerprint density at radius 2 is 2.11 bits per heavy atom. The normalized spacial score (nSPS) is 11.3. The predicted molar refractivity (Wildman–Crippen MR) is 67.7 cm³/mol. The van der Waals surface area contributed by atoms with Crippen LogP contribution in [0.4, 0.5) is 4.39 Å². The van der Waals surface area contributed by atoms with E-state index in [9.17, 15) is 9.18 Å². The summed E-state index contributed by atoms with van der Waals surface area (Å²) in [7, 11) is 0. The molecule has 0 atom stereocenters. The number of hydrogen-bond acceptors (Lipinski definition) is 3. The van der Waals surface area contributed by atoms with Crippen molar-refractivity contribution in [1.29, 1.82) is 0 Å². The van der Waals surface area contributed by atoms with Gasteiger partial charge >= 0.3 is 0 Å². The van der Waals surface area contributed by atoms with Crippen LogP contribution in [0.25, 0.3) is 0 Å². The summed E-state index contributed by atoms with van der Waals surface area (Å²) in [6.45, 7) is 6.35. The number of amides is 1. The van der Waals surface area contributed by atoms with Gasteiger partial charge in [0.25, 0.3) is 5.91 Å². The summed E-state index contributed by atoms with van der Waals surface area (Å²) >= 11 is 0. The van der Waals surface area contributed by atoms with Crippen molar-refractivity contribution in [2.45, 2.75) is 32.9 Å². The Morgan fingerprint density at radius 1 is 1.44 bits per heavy atom. The van der Waals surface area contributed by atoms with Crippen LogP contribution >= 0.6 is 0 Å². The highest BCUT2D eigenvalue weighted by Crippen LogP contribution is 2.18. The lowest BCUT2D eigenvalue weighted by atomic mass is 10.1. The van der Waals surface area contributed by atoms with E-state index in [1.54, 1.807) is 6.07 Å². The SMILES string of the molecule is CC(C)(C)NCc1ccc(OCC(N)=O)c(F)c1. The van der Waals surface area contributed by atoms with Crippen molar-refractivity contribution < 1.29 is 13.9 Å². The summed E-state index contributed by atoms with van der Waals surface area (Å²) in [5.74, 6) is -1.09. The van der Waals surface area contributed by atoms with Crippen LogP contribution in [0.3, 0.4) is 0 Å². The Hall–Kier alpha value is -1.62. The first kappa shape index (κ1) is 14.4. The zero-order valence-corrected chi connectivity index (χ0v) is 10.9. The molecular formula is C13H19FN2O2. The van der Waals surface area contributed by atoms with Crippen LogP contribution in [-0.2, 0) is 11.3 Å². The zero-order valence-electron chi connectivity index (χ0n) is 10.9. The van der Waals surface area contributed by atoms with E-state index in [1.807, 2.05) is 20.8 Å². The molecule has 0 bridgehead atoms. The maximum absolute atomic E-state index is 13.6. The van der Waals surface area contributed by atoms with Gasteiger partial charge in [0.2, 0.25) is 0 Å². The van der Waals surface area contributed by atoms with E-state index in [0.717, 1.165) is 5.56 Å². The molecule has 0 aliphatic rings. The van der Waals surface area contributed by atoms with Crippen molar-refractivity contribution in [2.24, 2.45) is 5.73 Å². The number of nitrogens with one attached hydrogen (secondary N) is 1. The minimum Gasteiger partial charge on any atom is -0.481 e. The number of nitrogens with two attached hydrogens (primary N) is 1. The minimum absolute atomic E-state index is 0.0301. The molecule has 0 aliphatic heterocycles. The highest BCUT2D eigenvalue weighted by Gasteiger charge is 2.10. The van der Waals surface area contributed by atoms with Crippen molar-refractivity contribution in [3.63, 3.8) is 0 Å². The molecule has 0 aromatic heterocycles. The van der Waals surface area contributed by atoms with Gasteiger partial charge < -0.3 is 15.8 Å². The fourth-order valence-electron chi connectivity index (χ4n) is 1.29. The first-order valence-electron chi connectivity index (χ1n) is 5.72. The standard InChI is InChI=1S/C13H19FN2O2/c1-13(2,3)16-7-9-4-5-11(10(14)6-9)18-8-12(15)17/h4-6,16H,7-8H2,1-3H3,(H2,15,17). The summed E-state index contributed by atoms with van der Waals surface area (Å²) in [4.78, 5) is 10.5. The predicted octanol–water partition coefficient (Wildman–Crippen LogP) is 1.58. The van der Waals surface area contributed by atoms with Crippen molar-refractivity contribution >= 4 is 5.91 Å². The van der Waals surface area contributed by atoms with Crippen LogP contribution in [0.5, 0.6) is 5.75 Å². The first-order chi connectivity index (χ1) is 8.28. The quantitative estimate of drug-likeness (QED) is 0.838. The van der Waals surface area contributed by atoms with Crippen molar-refractivity contribution in [3.8, 4) is 5.75 Å². The smallest absolute Gasteiger partial charge is 0.255 e. The molecule has 1 aromatic rings. The topological polar surface area (TPSA) is 64.3 Å². The monoisotopic (exact) mass is 254 g/mol. The lowest BCUT2D eigenvalue weighted by Gasteiger charge is -2.20. The van der Waals surface area contributed by atoms with Crippen molar-refractivity contribution in [1.82, 2.24) is 5.32 Å². The molecule has 0 radical (unpaired) electrons. The van der Waals surface area contributed by atoms with Crippen LogP contribution in [-0.4, -0.2) is 18.1 Å². The van der Waals surface area contributed by atoms with Crippen molar-refractivity contribution in [2.75, 3.05) is 6.61 Å². The Bertz CT molecular complexity index is 427. The molecule has 4 nitrogen and oxygen atoms in total. The van der Waals surface area contributed by atoms with Gasteiger partial charge in [-0.15, -0.1) is 0 Å². The number of halogens is 1. The van der Waals surface area contributed by atoms with Crippen LogP contribution < -0.4 is 15.8 Å². The lowest BCUT2D eigenvalue weighted by Crippen LogP contribution is -2.35. The number of hydrogen-bond donors (Lipinski definition) is 2. The van der Waals surface area contributed by atoms with Crippen LogP contribution in [0.2, 0.25) is 0 Å². The summed E-state index contributed by atoms with van der Waals surface area (Å²) in [5.41, 5.74) is 5.70. The van der Waals surface area contributed by atoms with Gasteiger partial charge in [-0.1, -0.05) is 6.07 Å². The third kappa shape index (κ3) is 5.14. The summed E-state index contributed by atoms with van der Waals surface area (Å²) in [6.07, 6.45) is 0. The van der Waals surface area contributed by atoms with Gasteiger partial charge in [0.05, 0.1) is 0 Å². The van der Waals surface area contributed by atoms with E-state index in [0.29, 0.717) is 6.54 Å². The number of carbonyl (C=O) groups is 1. The van der Waals surface area contributed by atoms with E-state index in [-0.39, 0.29) is 17.9 Å². The number of rotatable bonds is 5. The molecule has 0 aliphatic carbocycles. The molecule has 0 heterocycles. The molecule has 0 saturated carbocycles. The van der Waals surface area contributed by atoms with E-state index in [2.05, 4.69) is 5.32 Å². The molecule has 1 amide bonds. The van der Waals surface area contributed by atoms with E-state index in [4.69, 9.17) is 10.5 Å². The molecule has 18 heavy (non-hydrogen) atoms. The molecule has 0 unspecified atom stereocenters. The second-order valence-corrected chi connectivity index (χ2v) is 5.12. The van der Waals surface area contributed by atoms with E-state index < -0.39 is 11.7 Å². The van der Waals surface area contributed by atoms with Crippen LogP contribution in [0.15, 0.2) is 18.2 Å². The van der Waals surface area contributed by atoms with Gasteiger partial charge in [-0.3, -0.25) is 4.79 Å². The molecule has 3 N–H and O–H groups in total. The van der Waals surface area contributed by atoms with Crippen LogP contribution in [0, 0.1) is 5.82 Å². The third-order valence-corrected chi connectivity index (χ3v) is 2.19. The van der Waals surface area contributed by atoms with Gasteiger partial charge in [-0.2, -0.15) is 0 Å².